The van der Waals surface area contributed by atoms with Crippen LogP contribution in [0.3, 0.4) is 0 Å². The maximum atomic E-state index is 12.8. The fourth-order valence-electron chi connectivity index (χ4n) is 14.9. The third-order valence-electron chi connectivity index (χ3n) is 20.8. The number of carboxylic acids is 2. The van der Waals surface area contributed by atoms with Crippen molar-refractivity contribution in [3.05, 3.63) is 221 Å². The average Bonchev–Trinajstić information content (AvgIpc) is 1.58. The van der Waals surface area contributed by atoms with Gasteiger partial charge >= 0.3 is 58.7 Å². The van der Waals surface area contributed by atoms with Crippen LogP contribution in [0.2, 0.25) is 0 Å². The molecule has 31 heteroatoms. The summed E-state index contributed by atoms with van der Waals surface area (Å²) in [4.78, 5) is 58.5. The molecule has 1 aliphatic rings. The number of aliphatic hydroxyl groups excluding tert-OH is 1. The Bertz CT molecular complexity index is 4830. The Morgan fingerprint density at radius 1 is 0.408 bits per heavy atom. The number of benzene rings is 7. The second-order valence-corrected chi connectivity index (χ2v) is 48.2. The van der Waals surface area contributed by atoms with Crippen LogP contribution < -0.4 is 0 Å². The molecule has 14 nitrogen and oxygen atoms in total. The molecule has 7 aromatic carbocycles. The Morgan fingerprint density at radius 3 is 0.915 bits per heavy atom. The molecule has 818 valence electrons. The first-order valence-corrected chi connectivity index (χ1v) is 50.0. The molecule has 0 saturated heterocycles. The number of hydrogen-bond acceptors (Lipinski definition) is 11. The summed E-state index contributed by atoms with van der Waals surface area (Å²) in [7, 11) is -1.66. The third-order valence-corrected chi connectivity index (χ3v) is 29.3. The van der Waals surface area contributed by atoms with E-state index in [1.54, 1.807) is 4.74 Å². The number of alkyl halides is 11. The molecule has 0 saturated carbocycles. The van der Waals surface area contributed by atoms with Gasteiger partial charge in [-0.25, -0.2) is 24.6 Å². The molecular formula is C111H169F11N6Ni4O8P2. The van der Waals surface area contributed by atoms with Crippen molar-refractivity contribution >= 4 is 101 Å². The minimum atomic E-state index is -7.22. The SMILES string of the molecule is CC(=Nc1c(C(C)C)cccc1C(C)C)C(=O)O.CC(C)(C)[N-]C(=O)C[PH+](C(C)(C)C)C(C)(C)C.CC(C)(C)[PH+](CC(=O)O)C(C)(C)C.CCC.CCC.CCC.CCc1cccc(CC)c1N=C(C)C(C)=Nc1c(CC)cccc1CC.Cc1cc(C)c(N=C2C(=Nc3c(C)cc(C)cc3C)c3cccc4cccc2c34)c(C)c1.OC(O)C(F)(OC(F)(F)C(F)(F)C(F)(F)F)C(F)(F)F.[CH3-].[CH3-].[CH3-].[Ni+2].[Ni].[Ni].[Ni]. The van der Waals surface area contributed by atoms with E-state index in [1.807, 2.05) is 39.0 Å². The van der Waals surface area contributed by atoms with Crippen molar-refractivity contribution in [2.45, 2.75) is 383 Å². The van der Waals surface area contributed by atoms with Crippen LogP contribution in [-0.4, -0.2) is 142 Å². The summed E-state index contributed by atoms with van der Waals surface area (Å²) in [6, 6.07) is 40.8. The first-order valence-electron chi connectivity index (χ1n) is 46.6. The third kappa shape index (κ3) is 46.9. The quantitative estimate of drug-likeness (QED) is 0.0135. The molecule has 4 N–H and O–H groups in total. The van der Waals surface area contributed by atoms with Gasteiger partial charge in [0.25, 0.3) is 0 Å². The van der Waals surface area contributed by atoms with Gasteiger partial charge in [-0.3, -0.25) is 14.7 Å². The predicted molar refractivity (Wildman–Crippen MR) is 572 cm³/mol. The molecule has 1 aliphatic carbocycles. The number of carbonyl (C=O) groups excluding carboxylic acids is 1. The van der Waals surface area contributed by atoms with Crippen LogP contribution in [0.5, 0.6) is 0 Å². The van der Waals surface area contributed by atoms with Crippen LogP contribution in [-0.2, 0) is 111 Å². The first-order chi connectivity index (χ1) is 61.6. The number of aliphatic imine (C=N–C) groups is 5. The number of carboxylic acid groups (broad SMARTS) is 2. The zero-order chi connectivity index (χ0) is 105. The van der Waals surface area contributed by atoms with Crippen molar-refractivity contribution in [1.82, 2.24) is 0 Å². The van der Waals surface area contributed by atoms with Crippen molar-refractivity contribution in [3.8, 4) is 0 Å². The normalized spacial score (nSPS) is 13.2. The van der Waals surface area contributed by atoms with E-state index < -0.39 is 64.3 Å². The van der Waals surface area contributed by atoms with Gasteiger partial charge in [0.15, 0.2) is 6.16 Å². The van der Waals surface area contributed by atoms with Gasteiger partial charge in [0, 0.05) is 81.8 Å². The van der Waals surface area contributed by atoms with Crippen LogP contribution in [0.1, 0.15) is 331 Å². The van der Waals surface area contributed by atoms with E-state index in [4.69, 9.17) is 40.4 Å². The molecule has 8 rings (SSSR count). The molecule has 0 aromatic heterocycles. The molecule has 0 aliphatic heterocycles. The van der Waals surface area contributed by atoms with Gasteiger partial charge in [-0.2, -0.15) is 48.3 Å². The van der Waals surface area contributed by atoms with Gasteiger partial charge in [0.2, 0.25) is 6.29 Å². The number of halogens is 11. The Balaban J connectivity index is -0.000000251. The predicted octanol–water partition coefficient (Wildman–Crippen LogP) is 34.2. The van der Waals surface area contributed by atoms with Crippen LogP contribution in [0.15, 0.2) is 140 Å². The second kappa shape index (κ2) is 66.1. The summed E-state index contributed by atoms with van der Waals surface area (Å²) in [5.74, 6) is -14.4. The van der Waals surface area contributed by atoms with Gasteiger partial charge in [-0.15, -0.1) is 5.54 Å². The number of aliphatic hydroxyl groups is 2. The molecule has 0 fully saturated rings. The number of aryl methyl sites for hydroxylation is 10. The Morgan fingerprint density at radius 2 is 0.683 bits per heavy atom. The topological polar surface area (TPSA) is 217 Å². The van der Waals surface area contributed by atoms with E-state index in [1.165, 1.54) is 104 Å². The summed E-state index contributed by atoms with van der Waals surface area (Å²) >= 11 is 0. The average molecular weight is 2220 g/mol. The zero-order valence-corrected chi connectivity index (χ0v) is 98.0. The summed E-state index contributed by atoms with van der Waals surface area (Å²) in [5.41, 5.74) is 26.0. The molecule has 142 heavy (non-hydrogen) atoms. The van der Waals surface area contributed by atoms with Crippen LogP contribution in [0, 0.1) is 63.8 Å². The number of para-hydroxylation sites is 3. The molecule has 0 radical (unpaired) electrons. The van der Waals surface area contributed by atoms with E-state index in [2.05, 4.69) is 343 Å². The molecular weight excluding hydrogens is 2050 g/mol. The maximum absolute atomic E-state index is 12.8. The minimum absolute atomic E-state index is 0. The molecule has 1 atom stereocenters. The number of carbonyl (C=O) groups is 3. The van der Waals surface area contributed by atoms with E-state index in [-0.39, 0.29) is 126 Å². The number of hydrogen-bond donors (Lipinski definition) is 4. The Hall–Kier alpha value is -6.50. The fourth-order valence-corrected chi connectivity index (χ4v) is 22.2. The monoisotopic (exact) mass is 2220 g/mol. The van der Waals surface area contributed by atoms with Crippen LogP contribution in [0.4, 0.5) is 76.7 Å². The van der Waals surface area contributed by atoms with Crippen molar-refractivity contribution in [3.63, 3.8) is 0 Å². The van der Waals surface area contributed by atoms with Gasteiger partial charge in [-0.05, 0) is 244 Å². The van der Waals surface area contributed by atoms with Crippen LogP contribution >= 0.6 is 15.8 Å². The van der Waals surface area contributed by atoms with E-state index in [9.17, 15) is 62.7 Å². The fraction of sp³-hybridized carbons (Fsp3) is 0.541. The summed E-state index contributed by atoms with van der Waals surface area (Å²) < 4.78 is 134. The Kier molecular flexibility index (Phi) is 70.1. The summed E-state index contributed by atoms with van der Waals surface area (Å²) in [6.07, 6.45) is -16.7. The Labute approximate surface area is 889 Å². The molecule has 0 heterocycles. The molecule has 1 amide bonds. The number of aliphatic carboxylic acids is 2. The van der Waals surface area contributed by atoms with Gasteiger partial charge < -0.3 is 52.8 Å². The minimum Gasteiger partial charge on any atom is -0.646 e. The molecule has 0 bridgehead atoms. The van der Waals surface area contributed by atoms with E-state index in [0.29, 0.717) is 24.2 Å². The van der Waals surface area contributed by atoms with Crippen LogP contribution in [0.25, 0.3) is 16.1 Å². The number of ether oxygens (including phenoxy) is 1. The van der Waals surface area contributed by atoms with E-state index in [0.717, 1.165) is 88.1 Å². The standard InChI is InChI=1S/C30H28N2.C24H32N2.C15H21NO2.C14H30NOP.C10H21O2P.C6H3F11O3.3C3H8.3CH3.4Ni/c1-17-13-19(3)27(20(4)14-17)31-29-24-11-7-9-23-10-8-12-25(26(23)24)30(29)32-28-21(5)15-18(2)16-22(28)6;1-7-19-13-11-14-20(8-2)23(19)25-17(5)18(6)26-24-21(9-3)15-12-16-22(24)10-4;1-9(2)12-7-6-8-13(10(3)4)14(12)16-11(5)15(17)18;1-12(2,3)15-11(16)10-17(13(4,5)6)14(7,8)9;1-9(2,3)13(7-8(11)12)10(4,5)6;7-2(1(18)19,4(10,11)12)20-6(16,17)3(8,9)5(13,14)15;3*1-3-2;;;;;;;/h7-16H,1-6H3;11-16H,7-10H2,1-6H3;6-10H,1-5H3,(H,17,18);10H2,1-9H3,(H,15,16);7H2,1-6H3,(H,11,12);1,18-19H;3*3H2,1-2H3;3*1H3;;;;/q;;;;;;;;;3*-1;;;;+2/p+1. The second-order valence-electron chi connectivity index (χ2n) is 39.6. The molecule has 1 unspecified atom stereocenters. The van der Waals surface area contributed by atoms with Crippen molar-refractivity contribution < 1.29 is 154 Å². The maximum Gasteiger partial charge on any atom is 2.00 e. The summed E-state index contributed by atoms with van der Waals surface area (Å²) in [5, 5.41) is 41.1. The zero-order valence-electron chi connectivity index (χ0n) is 92.1. The molecule has 7 aromatic rings. The van der Waals surface area contributed by atoms with Gasteiger partial charge in [0.05, 0.1) is 84.0 Å². The summed E-state index contributed by atoms with van der Waals surface area (Å²) in [6.45, 7) is 80.7. The first kappa shape index (κ1) is 151. The van der Waals surface area contributed by atoms with Crippen molar-refractivity contribution in [1.29, 1.82) is 0 Å². The van der Waals surface area contributed by atoms with Crippen molar-refractivity contribution in [2.24, 2.45) is 25.0 Å². The van der Waals surface area contributed by atoms with Gasteiger partial charge in [0.1, 0.15) is 5.71 Å². The van der Waals surface area contributed by atoms with Crippen molar-refractivity contribution in [2.75, 3.05) is 12.3 Å². The van der Waals surface area contributed by atoms with Gasteiger partial charge in [-0.1, -0.05) is 263 Å². The number of amides is 1. The molecule has 0 spiro atoms. The number of rotatable bonds is 21. The number of nitrogens with zero attached hydrogens (tertiary/aromatic N) is 6. The smallest absolute Gasteiger partial charge is 0.646 e. The largest absolute Gasteiger partial charge is 2.00 e. The van der Waals surface area contributed by atoms with E-state index >= 15 is 0 Å².